The van der Waals surface area contributed by atoms with Gasteiger partial charge in [0.05, 0.1) is 27.8 Å². The van der Waals surface area contributed by atoms with E-state index in [9.17, 15) is 9.90 Å². The van der Waals surface area contributed by atoms with Crippen molar-refractivity contribution in [1.82, 2.24) is 0 Å². The Kier molecular flexibility index (Phi) is 6.82. The molecule has 6 nitrogen and oxygen atoms in total. The molecule has 0 radical (unpaired) electrons. The first kappa shape index (κ1) is 24.0. The van der Waals surface area contributed by atoms with Crippen LogP contribution in [0.1, 0.15) is 35.6 Å². The lowest BCUT2D eigenvalue weighted by atomic mass is 10.00. The van der Waals surface area contributed by atoms with Gasteiger partial charge in [-0.25, -0.2) is 0 Å². The fourth-order valence-corrected chi connectivity index (χ4v) is 4.37. The first-order valence-electron chi connectivity index (χ1n) is 11.3. The van der Waals surface area contributed by atoms with Crippen LogP contribution in [0.25, 0.3) is 17.2 Å². The molecule has 0 heterocycles. The number of benzene rings is 3. The Labute approximate surface area is 205 Å². The number of aromatic hydroxyl groups is 1. The quantitative estimate of drug-likeness (QED) is 0.437. The Morgan fingerprint density at radius 2 is 1.63 bits per heavy atom. The van der Waals surface area contributed by atoms with Gasteiger partial charge in [0.1, 0.15) is 5.75 Å². The summed E-state index contributed by atoms with van der Waals surface area (Å²) in [6.45, 7) is 4.01. The summed E-state index contributed by atoms with van der Waals surface area (Å²) in [7, 11) is 4.63. The number of fused-ring (bicyclic) bond motifs is 1. The largest absolute Gasteiger partial charge is 0.502 e. The number of phenolic OH excluding ortho intramolecular Hbond substituents is 1. The van der Waals surface area contributed by atoms with Crippen LogP contribution in [-0.2, 0) is 4.79 Å². The summed E-state index contributed by atoms with van der Waals surface area (Å²) in [6, 6.07) is 17.1. The molecule has 3 aromatic rings. The van der Waals surface area contributed by atoms with E-state index in [0.29, 0.717) is 11.5 Å². The van der Waals surface area contributed by atoms with Gasteiger partial charge in [0.15, 0.2) is 11.5 Å². The monoisotopic (exact) mass is 471 g/mol. The molecule has 0 fully saturated rings. The minimum Gasteiger partial charge on any atom is -0.502 e. The molecule has 0 bridgehead atoms. The molecule has 0 unspecified atom stereocenters. The van der Waals surface area contributed by atoms with E-state index >= 15 is 0 Å². The van der Waals surface area contributed by atoms with Gasteiger partial charge in [-0.2, -0.15) is 0 Å². The van der Waals surface area contributed by atoms with Crippen LogP contribution in [0, 0.1) is 6.92 Å². The van der Waals surface area contributed by atoms with E-state index in [4.69, 9.17) is 14.2 Å². The van der Waals surface area contributed by atoms with Gasteiger partial charge in [0.25, 0.3) is 0 Å². The van der Waals surface area contributed by atoms with Crippen molar-refractivity contribution < 1.29 is 24.1 Å². The van der Waals surface area contributed by atoms with Crippen molar-refractivity contribution in [2.75, 3.05) is 26.6 Å². The molecule has 180 valence electrons. The number of aryl methyl sites for hydroxylation is 1. The summed E-state index contributed by atoms with van der Waals surface area (Å²) in [5.41, 5.74) is 7.55. The molecule has 1 aliphatic carbocycles. The number of carbonyl (C=O) groups is 1. The van der Waals surface area contributed by atoms with Crippen LogP contribution in [0.4, 0.5) is 5.69 Å². The van der Waals surface area contributed by atoms with Gasteiger partial charge in [0.2, 0.25) is 11.7 Å². The molecule has 35 heavy (non-hydrogen) atoms. The molecule has 2 N–H and O–H groups in total. The number of anilines is 1. The van der Waals surface area contributed by atoms with Crippen LogP contribution >= 0.6 is 0 Å². The number of hydrogen-bond acceptors (Lipinski definition) is 5. The Balaban J connectivity index is 1.75. The molecule has 0 aromatic heterocycles. The summed E-state index contributed by atoms with van der Waals surface area (Å²) in [5.74, 6) is 1.23. The molecule has 0 saturated carbocycles. The summed E-state index contributed by atoms with van der Waals surface area (Å²) < 4.78 is 16.1. The van der Waals surface area contributed by atoms with Crippen LogP contribution < -0.4 is 19.5 Å². The Morgan fingerprint density at radius 3 is 2.26 bits per heavy atom. The number of carbonyl (C=O) groups excluding carboxylic acids is 1. The normalized spacial score (nSPS) is 13.6. The molecule has 0 spiro atoms. The summed E-state index contributed by atoms with van der Waals surface area (Å²) >= 11 is 0. The van der Waals surface area contributed by atoms with Crippen molar-refractivity contribution in [1.29, 1.82) is 0 Å². The molecule has 1 aliphatic rings. The number of hydrogen-bond donors (Lipinski definition) is 2. The van der Waals surface area contributed by atoms with E-state index in [2.05, 4.69) is 5.32 Å². The highest BCUT2D eigenvalue weighted by Gasteiger charge is 2.26. The number of phenols is 1. The number of ether oxygens (including phenoxy) is 3. The lowest BCUT2D eigenvalue weighted by Crippen LogP contribution is -2.12. The average Bonchev–Trinajstić information content (AvgIpc) is 3.09. The zero-order chi connectivity index (χ0) is 25.1. The third kappa shape index (κ3) is 4.87. The van der Waals surface area contributed by atoms with E-state index in [1.165, 1.54) is 14.2 Å². The number of allylic oxidation sites excluding steroid dienone is 2. The molecule has 6 heteroatoms. The zero-order valence-corrected chi connectivity index (χ0v) is 20.6. The van der Waals surface area contributed by atoms with Gasteiger partial charge in [-0.05, 0) is 95.3 Å². The van der Waals surface area contributed by atoms with Crippen LogP contribution in [-0.4, -0.2) is 32.3 Å². The van der Waals surface area contributed by atoms with Crippen molar-refractivity contribution in [2.45, 2.75) is 20.3 Å². The Morgan fingerprint density at radius 1 is 0.914 bits per heavy atom. The number of amides is 1. The second-order valence-corrected chi connectivity index (χ2v) is 8.44. The summed E-state index contributed by atoms with van der Waals surface area (Å²) in [4.78, 5) is 13.0. The van der Waals surface area contributed by atoms with E-state index in [1.54, 1.807) is 19.2 Å². The zero-order valence-electron chi connectivity index (χ0n) is 20.6. The summed E-state index contributed by atoms with van der Waals surface area (Å²) in [6.07, 6.45) is 2.23. The van der Waals surface area contributed by atoms with Gasteiger partial charge >= 0.3 is 0 Å². The van der Waals surface area contributed by atoms with Crippen LogP contribution in [0.3, 0.4) is 0 Å². The molecule has 0 atom stereocenters. The number of rotatable bonds is 7. The van der Waals surface area contributed by atoms with Crippen molar-refractivity contribution in [2.24, 2.45) is 0 Å². The van der Waals surface area contributed by atoms with Gasteiger partial charge in [-0.3, -0.25) is 4.79 Å². The van der Waals surface area contributed by atoms with Crippen LogP contribution in [0.15, 0.2) is 60.2 Å². The Bertz CT molecular complexity index is 1330. The van der Waals surface area contributed by atoms with E-state index < -0.39 is 0 Å². The molecule has 0 aliphatic heterocycles. The molecule has 1 amide bonds. The predicted molar refractivity (Wildman–Crippen MR) is 139 cm³/mol. The van der Waals surface area contributed by atoms with Gasteiger partial charge < -0.3 is 24.6 Å². The fraction of sp³-hybridized carbons (Fsp3) is 0.207. The first-order chi connectivity index (χ1) is 16.8. The van der Waals surface area contributed by atoms with Gasteiger partial charge in [-0.15, -0.1) is 0 Å². The van der Waals surface area contributed by atoms with Crippen LogP contribution in [0.2, 0.25) is 0 Å². The maximum absolute atomic E-state index is 13.0. The van der Waals surface area contributed by atoms with Gasteiger partial charge in [0, 0.05) is 5.69 Å². The molecule has 0 saturated heterocycles. The SMILES string of the molecule is COc1ccc2c(c1)C(CC(=O)Nc1cccc(C)c1)=C(C)C2=Cc1cc(OC)c(O)c(OC)c1. The molecule has 4 rings (SSSR count). The molecular weight excluding hydrogens is 442 g/mol. The second-order valence-electron chi connectivity index (χ2n) is 8.44. The maximum Gasteiger partial charge on any atom is 0.228 e. The number of nitrogens with one attached hydrogen (secondary N) is 1. The third-order valence-corrected chi connectivity index (χ3v) is 6.15. The van der Waals surface area contributed by atoms with Crippen molar-refractivity contribution in [3.05, 3.63) is 82.4 Å². The van der Waals surface area contributed by atoms with E-state index in [-0.39, 0.29) is 18.1 Å². The summed E-state index contributed by atoms with van der Waals surface area (Å²) in [5, 5.41) is 13.3. The van der Waals surface area contributed by atoms with Crippen molar-refractivity contribution >= 4 is 28.8 Å². The first-order valence-corrected chi connectivity index (χ1v) is 11.3. The van der Waals surface area contributed by atoms with E-state index in [0.717, 1.165) is 50.4 Å². The number of methoxy groups -OCH3 is 3. The van der Waals surface area contributed by atoms with Crippen molar-refractivity contribution in [3.63, 3.8) is 0 Å². The standard InChI is InChI=1S/C29H29NO5/c1-17-7-6-8-20(11-17)30-28(31)16-24-18(2)23(22-10-9-21(33-3)15-25(22)24)12-19-13-26(34-4)29(32)27(14-19)35-5/h6-15,32H,16H2,1-5H3,(H,30,31). The van der Waals surface area contributed by atoms with Crippen molar-refractivity contribution in [3.8, 4) is 23.0 Å². The second kappa shape index (κ2) is 9.97. The van der Waals surface area contributed by atoms with E-state index in [1.807, 2.05) is 62.4 Å². The van der Waals surface area contributed by atoms with Gasteiger partial charge in [-0.1, -0.05) is 18.2 Å². The average molecular weight is 472 g/mol. The third-order valence-electron chi connectivity index (χ3n) is 6.15. The molecule has 3 aromatic carbocycles. The highest BCUT2D eigenvalue weighted by molar-refractivity contribution is 6.10. The topological polar surface area (TPSA) is 77.0 Å². The molecular formula is C29H29NO5. The Hall–Kier alpha value is -4.19. The highest BCUT2D eigenvalue weighted by Crippen LogP contribution is 2.46. The maximum atomic E-state index is 13.0. The smallest absolute Gasteiger partial charge is 0.228 e. The minimum atomic E-state index is -0.0899. The predicted octanol–water partition coefficient (Wildman–Crippen LogP) is 6.08. The van der Waals surface area contributed by atoms with Crippen LogP contribution in [0.5, 0.6) is 23.0 Å². The lowest BCUT2D eigenvalue weighted by molar-refractivity contribution is -0.115. The lowest BCUT2D eigenvalue weighted by Gasteiger charge is -2.11. The highest BCUT2D eigenvalue weighted by atomic mass is 16.5. The fourth-order valence-electron chi connectivity index (χ4n) is 4.37. The minimum absolute atomic E-state index is 0.0468.